The van der Waals surface area contributed by atoms with Crippen LogP contribution in [0.15, 0.2) is 0 Å². The molecule has 1 aliphatic rings. The number of sulfone groups is 1. The second-order valence-electron chi connectivity index (χ2n) is 5.64. The van der Waals surface area contributed by atoms with E-state index >= 15 is 0 Å². The maximum Gasteiger partial charge on any atom is 0.185 e. The molecule has 1 unspecified atom stereocenters. The Morgan fingerprint density at radius 1 is 1.38 bits per heavy atom. The van der Waals surface area contributed by atoms with E-state index in [1.165, 1.54) is 10.6 Å². The molecule has 1 atom stereocenters. The maximum absolute atomic E-state index is 11.7. The van der Waals surface area contributed by atoms with Crippen LogP contribution in [0.25, 0.3) is 0 Å². The second-order valence-corrected chi connectivity index (χ2v) is 9.00. The van der Waals surface area contributed by atoms with Crippen LogP contribution in [0.2, 0.25) is 0 Å². The summed E-state index contributed by atoms with van der Waals surface area (Å²) in [6.45, 7) is 6.54. The van der Waals surface area contributed by atoms with Gasteiger partial charge in [0.25, 0.3) is 0 Å². The molecule has 0 bridgehead atoms. The molecule has 1 aromatic heterocycles. The highest BCUT2D eigenvalue weighted by molar-refractivity contribution is 7.91. The topological polar surface area (TPSA) is 62.3 Å². The molecule has 1 fully saturated rings. The number of rotatable bonds is 5. The number of thiazole rings is 1. The summed E-state index contributed by atoms with van der Waals surface area (Å²) in [7, 11) is -0.929. The highest BCUT2D eigenvalue weighted by atomic mass is 32.2. The van der Waals surface area contributed by atoms with Crippen LogP contribution in [-0.2, 0) is 16.4 Å². The van der Waals surface area contributed by atoms with Gasteiger partial charge >= 0.3 is 0 Å². The molecule has 21 heavy (non-hydrogen) atoms. The highest BCUT2D eigenvalue weighted by Gasteiger charge is 2.23. The van der Waals surface area contributed by atoms with Crippen LogP contribution in [0.1, 0.15) is 43.2 Å². The Labute approximate surface area is 131 Å². The summed E-state index contributed by atoms with van der Waals surface area (Å²) in [6, 6.07) is 0. The van der Waals surface area contributed by atoms with Crippen LogP contribution >= 0.6 is 11.3 Å². The zero-order valence-electron chi connectivity index (χ0n) is 13.1. The predicted molar refractivity (Wildman–Crippen MR) is 89.1 cm³/mol. The monoisotopic (exact) mass is 331 g/mol. The van der Waals surface area contributed by atoms with Crippen molar-refractivity contribution in [1.29, 1.82) is 0 Å². The van der Waals surface area contributed by atoms with Gasteiger partial charge in [0.2, 0.25) is 0 Å². The lowest BCUT2D eigenvalue weighted by Gasteiger charge is -2.18. The summed E-state index contributed by atoms with van der Waals surface area (Å²) in [5.74, 6) is 0.984. The Morgan fingerprint density at radius 2 is 2.14 bits per heavy atom. The van der Waals surface area contributed by atoms with Gasteiger partial charge in [-0.15, -0.1) is 11.3 Å². The van der Waals surface area contributed by atoms with Crippen LogP contribution in [-0.4, -0.2) is 45.0 Å². The van der Waals surface area contributed by atoms with Crippen molar-refractivity contribution < 1.29 is 8.42 Å². The molecule has 0 saturated carbocycles. The van der Waals surface area contributed by atoms with Gasteiger partial charge in [-0.3, -0.25) is 0 Å². The van der Waals surface area contributed by atoms with Gasteiger partial charge in [-0.25, -0.2) is 13.4 Å². The van der Waals surface area contributed by atoms with Crippen molar-refractivity contribution in [3.05, 3.63) is 10.6 Å². The zero-order chi connectivity index (χ0) is 15.5. The smallest absolute Gasteiger partial charge is 0.185 e. The Hall–Kier alpha value is -0.660. The SMILES string of the molecule is CCC(C)c1nc(N2CCCS(=O)(=O)CC2)sc1CNC. The molecule has 1 N–H and O–H groups in total. The lowest BCUT2D eigenvalue weighted by atomic mass is 10.0. The first-order valence-electron chi connectivity index (χ1n) is 7.56. The zero-order valence-corrected chi connectivity index (χ0v) is 14.7. The van der Waals surface area contributed by atoms with Crippen LogP contribution in [0.4, 0.5) is 5.13 Å². The Bertz CT molecular complexity index is 569. The van der Waals surface area contributed by atoms with Crippen molar-refractivity contribution in [1.82, 2.24) is 10.3 Å². The molecule has 5 nitrogen and oxygen atoms in total. The number of anilines is 1. The minimum Gasteiger partial charge on any atom is -0.347 e. The van der Waals surface area contributed by atoms with E-state index in [0.29, 0.717) is 24.6 Å². The summed E-state index contributed by atoms with van der Waals surface area (Å²) in [5.41, 5.74) is 1.17. The van der Waals surface area contributed by atoms with E-state index < -0.39 is 9.84 Å². The summed E-state index contributed by atoms with van der Waals surface area (Å²) in [4.78, 5) is 8.23. The van der Waals surface area contributed by atoms with E-state index in [2.05, 4.69) is 24.1 Å². The third-order valence-electron chi connectivity index (χ3n) is 3.96. The molecular formula is C14H25N3O2S2. The van der Waals surface area contributed by atoms with Crippen LogP contribution in [0.3, 0.4) is 0 Å². The number of hydrogen-bond donors (Lipinski definition) is 1. The summed E-state index contributed by atoms with van der Waals surface area (Å²) >= 11 is 1.70. The first-order chi connectivity index (χ1) is 9.96. The fourth-order valence-electron chi connectivity index (χ4n) is 2.48. The maximum atomic E-state index is 11.7. The molecule has 1 aromatic rings. The van der Waals surface area contributed by atoms with E-state index in [1.807, 2.05) is 7.05 Å². The van der Waals surface area contributed by atoms with E-state index in [4.69, 9.17) is 4.98 Å². The first kappa shape index (κ1) is 16.7. The summed E-state index contributed by atoms with van der Waals surface area (Å²) < 4.78 is 23.4. The van der Waals surface area contributed by atoms with Gasteiger partial charge in [-0.2, -0.15) is 0 Å². The second kappa shape index (κ2) is 7.07. The third-order valence-corrected chi connectivity index (χ3v) is 6.81. The van der Waals surface area contributed by atoms with Gasteiger partial charge in [-0.05, 0) is 25.8 Å². The van der Waals surface area contributed by atoms with Crippen molar-refractivity contribution in [2.24, 2.45) is 0 Å². The molecule has 0 aromatic carbocycles. The number of hydrogen-bond acceptors (Lipinski definition) is 6. The van der Waals surface area contributed by atoms with Gasteiger partial charge in [0.1, 0.15) is 0 Å². The predicted octanol–water partition coefficient (Wildman–Crippen LogP) is 2.00. The fourth-order valence-corrected chi connectivity index (χ4v) is 5.00. The molecule has 2 rings (SSSR count). The molecule has 0 spiro atoms. The van der Waals surface area contributed by atoms with Crippen molar-refractivity contribution in [2.75, 3.05) is 36.5 Å². The van der Waals surface area contributed by atoms with Gasteiger partial charge in [0.05, 0.1) is 17.2 Å². The Balaban J connectivity index is 2.23. The minimum absolute atomic E-state index is 0.243. The molecule has 2 heterocycles. The van der Waals surface area contributed by atoms with Gasteiger partial charge in [0, 0.05) is 24.5 Å². The van der Waals surface area contributed by atoms with E-state index in [-0.39, 0.29) is 5.75 Å². The average Bonchev–Trinajstić information content (AvgIpc) is 2.77. The molecule has 120 valence electrons. The minimum atomic E-state index is -2.87. The normalized spacial score (nSPS) is 20.2. The number of nitrogens with zero attached hydrogens (tertiary/aromatic N) is 2. The Morgan fingerprint density at radius 3 is 2.81 bits per heavy atom. The van der Waals surface area contributed by atoms with Gasteiger partial charge in [-0.1, -0.05) is 13.8 Å². The fraction of sp³-hybridized carbons (Fsp3) is 0.786. The van der Waals surface area contributed by atoms with Crippen molar-refractivity contribution in [3.8, 4) is 0 Å². The van der Waals surface area contributed by atoms with Crippen LogP contribution in [0.5, 0.6) is 0 Å². The third kappa shape index (κ3) is 4.17. The molecule has 1 aliphatic heterocycles. The van der Waals surface area contributed by atoms with E-state index in [1.54, 1.807) is 11.3 Å². The van der Waals surface area contributed by atoms with Crippen LogP contribution in [0, 0.1) is 0 Å². The molecule has 1 saturated heterocycles. The Kier molecular flexibility index (Phi) is 5.62. The summed E-state index contributed by atoms with van der Waals surface area (Å²) in [6.07, 6.45) is 1.76. The molecule has 0 radical (unpaired) electrons. The summed E-state index contributed by atoms with van der Waals surface area (Å²) in [5, 5.41) is 4.18. The number of aromatic nitrogens is 1. The van der Waals surface area contributed by atoms with Crippen molar-refractivity contribution >= 4 is 26.3 Å². The van der Waals surface area contributed by atoms with Crippen molar-refractivity contribution in [3.63, 3.8) is 0 Å². The van der Waals surface area contributed by atoms with Crippen LogP contribution < -0.4 is 10.2 Å². The molecule has 0 aliphatic carbocycles. The molecular weight excluding hydrogens is 306 g/mol. The van der Waals surface area contributed by atoms with Gasteiger partial charge in [0.15, 0.2) is 15.0 Å². The lowest BCUT2D eigenvalue weighted by molar-refractivity contribution is 0.597. The standard InChI is InChI=1S/C14H25N3O2S2/c1-4-11(2)13-12(10-15-3)20-14(16-13)17-6-5-8-21(18,19)9-7-17/h11,15H,4-10H2,1-3H3. The average molecular weight is 332 g/mol. The highest BCUT2D eigenvalue weighted by Crippen LogP contribution is 2.32. The first-order valence-corrected chi connectivity index (χ1v) is 10.2. The van der Waals surface area contributed by atoms with E-state index in [9.17, 15) is 8.42 Å². The number of nitrogens with one attached hydrogen (secondary N) is 1. The lowest BCUT2D eigenvalue weighted by Crippen LogP contribution is -2.26. The van der Waals surface area contributed by atoms with E-state index in [0.717, 1.165) is 24.6 Å². The van der Waals surface area contributed by atoms with Gasteiger partial charge < -0.3 is 10.2 Å². The molecule has 7 heteroatoms. The quantitative estimate of drug-likeness (QED) is 0.894. The largest absolute Gasteiger partial charge is 0.347 e. The van der Waals surface area contributed by atoms with Crippen molar-refractivity contribution in [2.45, 2.75) is 39.2 Å². The molecule has 0 amide bonds.